The van der Waals surface area contributed by atoms with Gasteiger partial charge >= 0.3 is 6.03 Å². The average Bonchev–Trinajstić information content (AvgIpc) is 2.43. The minimum atomic E-state index is -0.0629. The van der Waals surface area contributed by atoms with Crippen molar-refractivity contribution in [1.29, 1.82) is 0 Å². The Labute approximate surface area is 116 Å². The third-order valence-electron chi connectivity index (χ3n) is 4.04. The third-order valence-corrected chi connectivity index (χ3v) is 4.04. The van der Waals surface area contributed by atoms with Crippen LogP contribution in [0.25, 0.3) is 0 Å². The van der Waals surface area contributed by atoms with E-state index >= 15 is 0 Å². The molecule has 1 saturated heterocycles. The first kappa shape index (κ1) is 15.8. The zero-order chi connectivity index (χ0) is 14.4. The van der Waals surface area contributed by atoms with Gasteiger partial charge in [0.1, 0.15) is 0 Å². The Morgan fingerprint density at radius 1 is 1.32 bits per heavy atom. The number of hydrogen-bond donors (Lipinski definition) is 2. The predicted octanol–water partition coefficient (Wildman–Crippen LogP) is 1.45. The molecular weight excluding hydrogens is 242 g/mol. The molecule has 2 unspecified atom stereocenters. The van der Waals surface area contributed by atoms with Gasteiger partial charge in [0.25, 0.3) is 0 Å². The molecule has 1 heterocycles. The van der Waals surface area contributed by atoms with Crippen LogP contribution in [0.5, 0.6) is 0 Å². The van der Waals surface area contributed by atoms with Gasteiger partial charge in [0.2, 0.25) is 5.91 Å². The van der Waals surface area contributed by atoms with Crippen molar-refractivity contribution < 1.29 is 9.59 Å². The molecule has 0 aromatic heterocycles. The van der Waals surface area contributed by atoms with E-state index in [-0.39, 0.29) is 17.9 Å². The van der Waals surface area contributed by atoms with Gasteiger partial charge in [-0.15, -0.1) is 0 Å². The van der Waals surface area contributed by atoms with Crippen LogP contribution in [0.2, 0.25) is 0 Å². The van der Waals surface area contributed by atoms with Crippen molar-refractivity contribution in [3.63, 3.8) is 0 Å². The Bertz CT molecular complexity index is 318. The maximum Gasteiger partial charge on any atom is 0.317 e. The minimum absolute atomic E-state index is 0.0352. The van der Waals surface area contributed by atoms with E-state index in [4.69, 9.17) is 0 Å². The predicted molar refractivity (Wildman–Crippen MR) is 75.8 cm³/mol. The van der Waals surface area contributed by atoms with Crippen LogP contribution in [0.15, 0.2) is 0 Å². The van der Waals surface area contributed by atoms with Gasteiger partial charge in [-0.3, -0.25) is 4.79 Å². The summed E-state index contributed by atoms with van der Waals surface area (Å²) in [5, 5.41) is 5.63. The number of amides is 3. The van der Waals surface area contributed by atoms with E-state index in [0.29, 0.717) is 24.9 Å². The second kappa shape index (κ2) is 7.36. The van der Waals surface area contributed by atoms with E-state index in [9.17, 15) is 9.59 Å². The van der Waals surface area contributed by atoms with Gasteiger partial charge in [-0.2, -0.15) is 0 Å². The molecular formula is C14H27N3O2. The van der Waals surface area contributed by atoms with Crippen LogP contribution >= 0.6 is 0 Å². The number of nitrogens with one attached hydrogen (secondary N) is 2. The molecule has 5 nitrogen and oxygen atoms in total. The topological polar surface area (TPSA) is 61.4 Å². The normalized spacial score (nSPS) is 21.1. The number of carbonyl (C=O) groups is 2. The minimum Gasteiger partial charge on any atom is -0.359 e. The lowest BCUT2D eigenvalue weighted by Crippen LogP contribution is -2.49. The molecule has 19 heavy (non-hydrogen) atoms. The van der Waals surface area contributed by atoms with Crippen LogP contribution in [0.4, 0.5) is 4.79 Å². The average molecular weight is 269 g/mol. The standard InChI is InChI=1S/C14H27N3O2/c1-10(2)11(3)8-16-14(19)17-7-5-6-12(9-17)13(18)15-4/h10-12H,5-9H2,1-4H3,(H,15,18)(H,16,19). The number of nitrogens with zero attached hydrogens (tertiary/aromatic N) is 1. The summed E-state index contributed by atoms with van der Waals surface area (Å²) >= 11 is 0. The van der Waals surface area contributed by atoms with Gasteiger partial charge in [-0.1, -0.05) is 20.8 Å². The first-order chi connectivity index (χ1) is 8.95. The molecule has 0 aromatic carbocycles. The molecule has 2 N–H and O–H groups in total. The van der Waals surface area contributed by atoms with Crippen LogP contribution in [-0.2, 0) is 4.79 Å². The van der Waals surface area contributed by atoms with Gasteiger partial charge < -0.3 is 15.5 Å². The molecule has 3 amide bonds. The quantitative estimate of drug-likeness (QED) is 0.811. The molecule has 1 rings (SSSR count). The second-order valence-corrected chi connectivity index (χ2v) is 5.81. The first-order valence-corrected chi connectivity index (χ1v) is 7.20. The molecule has 0 radical (unpaired) electrons. The van der Waals surface area contributed by atoms with E-state index in [1.54, 1.807) is 11.9 Å². The number of urea groups is 1. The second-order valence-electron chi connectivity index (χ2n) is 5.81. The van der Waals surface area contributed by atoms with Gasteiger partial charge in [-0.05, 0) is 24.7 Å². The number of piperidine rings is 1. The molecule has 1 aliphatic rings. The van der Waals surface area contributed by atoms with E-state index in [1.807, 2.05) is 0 Å². The molecule has 2 atom stereocenters. The summed E-state index contributed by atoms with van der Waals surface area (Å²) in [6.45, 7) is 8.40. The molecule has 0 bridgehead atoms. The fourth-order valence-electron chi connectivity index (χ4n) is 2.18. The van der Waals surface area contributed by atoms with E-state index in [2.05, 4.69) is 31.4 Å². The summed E-state index contributed by atoms with van der Waals surface area (Å²) < 4.78 is 0. The number of likely N-dealkylation sites (tertiary alicyclic amines) is 1. The Kier molecular flexibility index (Phi) is 6.12. The van der Waals surface area contributed by atoms with E-state index < -0.39 is 0 Å². The summed E-state index contributed by atoms with van der Waals surface area (Å²) in [5.41, 5.74) is 0. The lowest BCUT2D eigenvalue weighted by molar-refractivity contribution is -0.125. The highest BCUT2D eigenvalue weighted by molar-refractivity contribution is 5.80. The van der Waals surface area contributed by atoms with Crippen molar-refractivity contribution in [1.82, 2.24) is 15.5 Å². The fraction of sp³-hybridized carbons (Fsp3) is 0.857. The zero-order valence-electron chi connectivity index (χ0n) is 12.5. The van der Waals surface area contributed by atoms with Crippen LogP contribution in [0.3, 0.4) is 0 Å². The Morgan fingerprint density at radius 3 is 2.58 bits per heavy atom. The van der Waals surface area contributed by atoms with Crippen molar-refractivity contribution in [2.24, 2.45) is 17.8 Å². The maximum atomic E-state index is 12.1. The monoisotopic (exact) mass is 269 g/mol. The Balaban J connectivity index is 2.42. The summed E-state index contributed by atoms with van der Waals surface area (Å²) in [5.74, 6) is 0.990. The van der Waals surface area contributed by atoms with Crippen molar-refractivity contribution in [2.45, 2.75) is 33.6 Å². The van der Waals surface area contributed by atoms with E-state index in [1.165, 1.54) is 0 Å². The molecule has 1 fully saturated rings. The van der Waals surface area contributed by atoms with Crippen LogP contribution in [0.1, 0.15) is 33.6 Å². The number of carbonyl (C=O) groups excluding carboxylic acids is 2. The molecule has 110 valence electrons. The highest BCUT2D eigenvalue weighted by Crippen LogP contribution is 2.16. The third kappa shape index (κ3) is 4.73. The Morgan fingerprint density at radius 2 is 2.00 bits per heavy atom. The fourth-order valence-corrected chi connectivity index (χ4v) is 2.18. The van der Waals surface area contributed by atoms with Crippen LogP contribution in [-0.4, -0.2) is 43.5 Å². The molecule has 0 saturated carbocycles. The van der Waals surface area contributed by atoms with Crippen molar-refractivity contribution in [3.8, 4) is 0 Å². The summed E-state index contributed by atoms with van der Waals surface area (Å²) in [7, 11) is 1.64. The van der Waals surface area contributed by atoms with Crippen LogP contribution in [0, 0.1) is 17.8 Å². The molecule has 0 spiro atoms. The summed E-state index contributed by atoms with van der Waals surface area (Å²) in [6.07, 6.45) is 1.76. The number of hydrogen-bond acceptors (Lipinski definition) is 2. The molecule has 0 aliphatic carbocycles. The smallest absolute Gasteiger partial charge is 0.317 e. The van der Waals surface area contributed by atoms with Gasteiger partial charge in [0.05, 0.1) is 5.92 Å². The van der Waals surface area contributed by atoms with Gasteiger partial charge in [0, 0.05) is 26.7 Å². The highest BCUT2D eigenvalue weighted by atomic mass is 16.2. The SMILES string of the molecule is CNC(=O)C1CCCN(C(=O)NCC(C)C(C)C)C1. The summed E-state index contributed by atoms with van der Waals surface area (Å²) in [4.78, 5) is 25.4. The van der Waals surface area contributed by atoms with Gasteiger partial charge in [-0.25, -0.2) is 4.79 Å². The highest BCUT2D eigenvalue weighted by Gasteiger charge is 2.27. The van der Waals surface area contributed by atoms with E-state index in [0.717, 1.165) is 19.4 Å². The largest absolute Gasteiger partial charge is 0.359 e. The van der Waals surface area contributed by atoms with Crippen molar-refractivity contribution in [2.75, 3.05) is 26.7 Å². The Hall–Kier alpha value is -1.26. The van der Waals surface area contributed by atoms with Crippen LogP contribution < -0.4 is 10.6 Å². The maximum absolute atomic E-state index is 12.1. The molecule has 1 aliphatic heterocycles. The molecule has 0 aromatic rings. The first-order valence-electron chi connectivity index (χ1n) is 7.20. The zero-order valence-corrected chi connectivity index (χ0v) is 12.5. The van der Waals surface area contributed by atoms with Crippen molar-refractivity contribution in [3.05, 3.63) is 0 Å². The van der Waals surface area contributed by atoms with Gasteiger partial charge in [0.15, 0.2) is 0 Å². The lowest BCUT2D eigenvalue weighted by atomic mass is 9.97. The lowest BCUT2D eigenvalue weighted by Gasteiger charge is -2.32. The number of rotatable bonds is 4. The van der Waals surface area contributed by atoms with Crippen molar-refractivity contribution >= 4 is 11.9 Å². The summed E-state index contributed by atoms with van der Waals surface area (Å²) in [6, 6.07) is -0.0406. The molecule has 5 heteroatoms.